The van der Waals surface area contributed by atoms with Gasteiger partial charge in [0, 0.05) is 10.7 Å². The van der Waals surface area contributed by atoms with Crippen molar-refractivity contribution in [2.75, 3.05) is 0 Å². The third kappa shape index (κ3) is 7.65. The molecule has 0 aromatic heterocycles. The summed E-state index contributed by atoms with van der Waals surface area (Å²) in [7, 11) is 0. The number of rotatable bonds is 4. The first-order valence-corrected chi connectivity index (χ1v) is 10.4. The largest absolute Gasteiger partial charge is 0.114 e. The lowest BCUT2D eigenvalue weighted by molar-refractivity contribution is 1.14. The molecule has 132 valence electrons. The lowest BCUT2D eigenvalue weighted by Crippen LogP contribution is -1.92. The van der Waals surface area contributed by atoms with Crippen LogP contribution in [0.3, 0.4) is 0 Å². The minimum absolute atomic E-state index is 0. The van der Waals surface area contributed by atoms with Gasteiger partial charge in [0.1, 0.15) is 0 Å². The minimum Gasteiger partial charge on any atom is -0.114 e. The van der Waals surface area contributed by atoms with Gasteiger partial charge in [-0.15, -0.1) is 28.6 Å². The molecular weight excluding hydrogens is 527 g/mol. The van der Waals surface area contributed by atoms with Crippen molar-refractivity contribution in [1.82, 2.24) is 0 Å². The first-order chi connectivity index (χ1) is 11.7. The molecule has 0 bridgehead atoms. The van der Waals surface area contributed by atoms with Crippen molar-refractivity contribution in [2.24, 2.45) is 0 Å². The molecule has 0 heterocycles. The summed E-state index contributed by atoms with van der Waals surface area (Å²) in [5.74, 6) is 0. The molecule has 0 amide bonds. The van der Waals surface area contributed by atoms with Gasteiger partial charge in [0.25, 0.3) is 0 Å². The van der Waals surface area contributed by atoms with Gasteiger partial charge >= 0.3 is 0 Å². The SMILES string of the molecule is Br.BrCc1ccccc1.ClC(c1ccccc1)c1ccc(CBr)cc1. The van der Waals surface area contributed by atoms with E-state index >= 15 is 0 Å². The molecule has 0 aliphatic rings. The van der Waals surface area contributed by atoms with E-state index in [0.29, 0.717) is 0 Å². The van der Waals surface area contributed by atoms with Crippen LogP contribution in [0.1, 0.15) is 27.6 Å². The summed E-state index contributed by atoms with van der Waals surface area (Å²) in [6.45, 7) is 0. The Balaban J connectivity index is 0.000000295. The summed E-state index contributed by atoms with van der Waals surface area (Å²) < 4.78 is 0. The Morgan fingerprint density at radius 1 is 0.600 bits per heavy atom. The average Bonchev–Trinajstić information content (AvgIpc) is 2.69. The van der Waals surface area contributed by atoms with E-state index in [1.165, 1.54) is 11.1 Å². The molecule has 1 unspecified atom stereocenters. The third-order valence-electron chi connectivity index (χ3n) is 3.52. The Hall–Kier alpha value is -0.610. The van der Waals surface area contributed by atoms with E-state index in [9.17, 15) is 0 Å². The van der Waals surface area contributed by atoms with Gasteiger partial charge in [0.15, 0.2) is 0 Å². The lowest BCUT2D eigenvalue weighted by Gasteiger charge is -2.10. The molecule has 1 atom stereocenters. The standard InChI is InChI=1S/C14H12BrCl.C7H7Br.BrH/c15-10-11-6-8-13(9-7-11)14(16)12-4-2-1-3-5-12;8-6-7-4-2-1-3-5-7;/h1-9,14H,10H2;1-5H,6H2;1H. The first kappa shape index (κ1) is 22.4. The Kier molecular flexibility index (Phi) is 11.4. The molecule has 0 N–H and O–H groups in total. The van der Waals surface area contributed by atoms with E-state index < -0.39 is 0 Å². The number of benzene rings is 3. The van der Waals surface area contributed by atoms with Crippen molar-refractivity contribution in [2.45, 2.75) is 16.0 Å². The minimum atomic E-state index is -0.0643. The van der Waals surface area contributed by atoms with Crippen LogP contribution < -0.4 is 0 Å². The van der Waals surface area contributed by atoms with Crippen LogP contribution in [0.5, 0.6) is 0 Å². The zero-order valence-corrected chi connectivity index (χ0v) is 19.3. The molecule has 0 saturated heterocycles. The summed E-state index contributed by atoms with van der Waals surface area (Å²) in [5, 5.41) is 1.77. The lowest BCUT2D eigenvalue weighted by atomic mass is 10.0. The molecule has 3 rings (SSSR count). The van der Waals surface area contributed by atoms with Crippen molar-refractivity contribution >= 4 is 60.4 Å². The van der Waals surface area contributed by atoms with Crippen molar-refractivity contribution in [3.05, 3.63) is 107 Å². The summed E-state index contributed by atoms with van der Waals surface area (Å²) in [6.07, 6.45) is 0. The van der Waals surface area contributed by atoms with Crippen LogP contribution in [0, 0.1) is 0 Å². The number of hydrogen-bond acceptors (Lipinski definition) is 0. The van der Waals surface area contributed by atoms with Crippen molar-refractivity contribution in [3.8, 4) is 0 Å². The summed E-state index contributed by atoms with van der Waals surface area (Å²) in [4.78, 5) is 0. The van der Waals surface area contributed by atoms with Crippen LogP contribution in [-0.4, -0.2) is 0 Å². The van der Waals surface area contributed by atoms with Gasteiger partial charge in [-0.25, -0.2) is 0 Å². The first-order valence-electron chi connectivity index (χ1n) is 7.68. The summed E-state index contributed by atoms with van der Waals surface area (Å²) in [5.41, 5.74) is 4.86. The second kappa shape index (κ2) is 12.7. The normalized spacial score (nSPS) is 10.8. The second-order valence-electron chi connectivity index (χ2n) is 5.27. The van der Waals surface area contributed by atoms with Gasteiger partial charge in [0.05, 0.1) is 5.38 Å². The van der Waals surface area contributed by atoms with Gasteiger partial charge < -0.3 is 0 Å². The van der Waals surface area contributed by atoms with Gasteiger partial charge in [-0.1, -0.05) is 117 Å². The highest BCUT2D eigenvalue weighted by atomic mass is 79.9. The molecule has 3 aromatic carbocycles. The summed E-state index contributed by atoms with van der Waals surface area (Å²) >= 11 is 13.2. The fourth-order valence-corrected chi connectivity index (χ4v) is 3.20. The summed E-state index contributed by atoms with van der Waals surface area (Å²) in [6, 6.07) is 28.8. The van der Waals surface area contributed by atoms with Gasteiger partial charge in [0.2, 0.25) is 0 Å². The van der Waals surface area contributed by atoms with Crippen LogP contribution in [-0.2, 0) is 10.7 Å². The molecule has 25 heavy (non-hydrogen) atoms. The molecule has 3 aromatic rings. The maximum Gasteiger partial charge on any atom is 0.0835 e. The molecule has 0 fully saturated rings. The van der Waals surface area contributed by atoms with Crippen LogP contribution in [0.15, 0.2) is 84.9 Å². The Bertz CT molecular complexity index is 700. The molecule has 0 aliphatic carbocycles. The Morgan fingerprint density at radius 2 is 1.00 bits per heavy atom. The van der Waals surface area contributed by atoms with E-state index in [1.54, 1.807) is 0 Å². The van der Waals surface area contributed by atoms with Crippen molar-refractivity contribution in [1.29, 1.82) is 0 Å². The maximum atomic E-state index is 6.42. The van der Waals surface area contributed by atoms with E-state index in [-0.39, 0.29) is 22.4 Å². The predicted molar refractivity (Wildman–Crippen MR) is 123 cm³/mol. The number of alkyl halides is 3. The zero-order valence-electron chi connectivity index (χ0n) is 13.6. The second-order valence-corrected chi connectivity index (χ2v) is 6.83. The molecule has 0 nitrogen and oxygen atoms in total. The van der Waals surface area contributed by atoms with Gasteiger partial charge in [-0.3, -0.25) is 0 Å². The molecule has 0 spiro atoms. The van der Waals surface area contributed by atoms with E-state index in [1.807, 2.05) is 36.4 Å². The highest BCUT2D eigenvalue weighted by Crippen LogP contribution is 2.28. The average molecular weight is 548 g/mol. The van der Waals surface area contributed by atoms with Gasteiger partial charge in [-0.05, 0) is 22.3 Å². The Labute approximate surface area is 182 Å². The highest BCUT2D eigenvalue weighted by Gasteiger charge is 2.09. The van der Waals surface area contributed by atoms with Crippen LogP contribution >= 0.6 is 60.4 Å². The fourth-order valence-electron chi connectivity index (χ4n) is 2.16. The zero-order chi connectivity index (χ0) is 17.2. The van der Waals surface area contributed by atoms with E-state index in [2.05, 4.69) is 80.4 Å². The highest BCUT2D eigenvalue weighted by molar-refractivity contribution is 9.08. The maximum absolute atomic E-state index is 6.42. The third-order valence-corrected chi connectivity index (χ3v) is 5.31. The molecule has 4 heteroatoms. The molecular formula is C21H20Br3Cl. The topological polar surface area (TPSA) is 0 Å². The fraction of sp³-hybridized carbons (Fsp3) is 0.143. The molecule has 0 saturated carbocycles. The van der Waals surface area contributed by atoms with Crippen LogP contribution in [0.4, 0.5) is 0 Å². The molecule has 0 radical (unpaired) electrons. The predicted octanol–water partition coefficient (Wildman–Crippen LogP) is 8.07. The number of hydrogen-bond donors (Lipinski definition) is 0. The van der Waals surface area contributed by atoms with E-state index in [4.69, 9.17) is 11.6 Å². The quantitative estimate of drug-likeness (QED) is 0.290. The van der Waals surface area contributed by atoms with E-state index in [0.717, 1.165) is 21.8 Å². The Morgan fingerprint density at radius 3 is 1.44 bits per heavy atom. The van der Waals surface area contributed by atoms with Gasteiger partial charge in [-0.2, -0.15) is 0 Å². The van der Waals surface area contributed by atoms with Crippen LogP contribution in [0.25, 0.3) is 0 Å². The smallest absolute Gasteiger partial charge is 0.0835 e. The van der Waals surface area contributed by atoms with Crippen molar-refractivity contribution in [3.63, 3.8) is 0 Å². The molecule has 0 aliphatic heterocycles. The van der Waals surface area contributed by atoms with Crippen molar-refractivity contribution < 1.29 is 0 Å². The monoisotopic (exact) mass is 544 g/mol. The van der Waals surface area contributed by atoms with Crippen LogP contribution in [0.2, 0.25) is 0 Å². The number of halogens is 4.